The van der Waals surface area contributed by atoms with E-state index in [1.54, 1.807) is 12.1 Å². The molecule has 2 atom stereocenters. The zero-order valence-electron chi connectivity index (χ0n) is 11.8. The summed E-state index contributed by atoms with van der Waals surface area (Å²) in [6.07, 6.45) is -0.544. The van der Waals surface area contributed by atoms with Gasteiger partial charge in [-0.2, -0.15) is 0 Å². The molecule has 20 heavy (non-hydrogen) atoms. The van der Waals surface area contributed by atoms with Gasteiger partial charge in [-0.3, -0.25) is 0 Å². The van der Waals surface area contributed by atoms with Crippen molar-refractivity contribution in [2.45, 2.75) is 26.0 Å². The van der Waals surface area contributed by atoms with Crippen molar-refractivity contribution in [3.05, 3.63) is 71.0 Å². The Morgan fingerprint density at radius 1 is 1.10 bits per heavy atom. The van der Waals surface area contributed by atoms with E-state index < -0.39 is 6.10 Å². The van der Waals surface area contributed by atoms with Crippen molar-refractivity contribution < 1.29 is 9.50 Å². The molecule has 2 rings (SSSR count). The van der Waals surface area contributed by atoms with Crippen LogP contribution < -0.4 is 5.32 Å². The van der Waals surface area contributed by atoms with Gasteiger partial charge in [-0.05, 0) is 37.1 Å². The van der Waals surface area contributed by atoms with Crippen LogP contribution in [0.4, 0.5) is 4.39 Å². The minimum atomic E-state index is -0.544. The minimum Gasteiger partial charge on any atom is -0.387 e. The summed E-state index contributed by atoms with van der Waals surface area (Å²) >= 11 is 0. The monoisotopic (exact) mass is 273 g/mol. The lowest BCUT2D eigenvalue weighted by Crippen LogP contribution is -2.24. The lowest BCUT2D eigenvalue weighted by atomic mass is 10.1. The van der Waals surface area contributed by atoms with Crippen molar-refractivity contribution in [3.63, 3.8) is 0 Å². The van der Waals surface area contributed by atoms with Crippen LogP contribution in [0.1, 0.15) is 35.8 Å². The van der Waals surface area contributed by atoms with Crippen LogP contribution >= 0.6 is 0 Å². The fraction of sp³-hybridized carbons (Fsp3) is 0.294. The molecular formula is C17H20FNO. The van der Waals surface area contributed by atoms with Gasteiger partial charge in [0.2, 0.25) is 0 Å². The molecule has 106 valence electrons. The smallest absolute Gasteiger partial charge is 0.123 e. The number of aryl methyl sites for hydroxylation is 1. The Morgan fingerprint density at radius 2 is 1.80 bits per heavy atom. The molecule has 3 heteroatoms. The van der Waals surface area contributed by atoms with E-state index in [2.05, 4.69) is 5.32 Å². The van der Waals surface area contributed by atoms with E-state index in [0.717, 1.165) is 16.7 Å². The molecule has 0 saturated carbocycles. The van der Waals surface area contributed by atoms with Gasteiger partial charge in [-0.1, -0.05) is 42.0 Å². The number of aliphatic hydroxyl groups excluding tert-OH is 1. The quantitative estimate of drug-likeness (QED) is 0.873. The Kier molecular flexibility index (Phi) is 4.88. The van der Waals surface area contributed by atoms with E-state index in [1.807, 2.05) is 38.1 Å². The third kappa shape index (κ3) is 3.89. The number of halogens is 1. The molecule has 0 fully saturated rings. The maximum Gasteiger partial charge on any atom is 0.123 e. The summed E-state index contributed by atoms with van der Waals surface area (Å²) in [4.78, 5) is 0. The van der Waals surface area contributed by atoms with Crippen molar-refractivity contribution in [3.8, 4) is 0 Å². The van der Waals surface area contributed by atoms with Crippen molar-refractivity contribution in [2.24, 2.45) is 0 Å². The molecule has 0 amide bonds. The molecule has 0 aliphatic carbocycles. The van der Waals surface area contributed by atoms with Crippen molar-refractivity contribution in [1.29, 1.82) is 0 Å². The largest absolute Gasteiger partial charge is 0.387 e. The van der Waals surface area contributed by atoms with Crippen LogP contribution in [0.2, 0.25) is 0 Å². The first-order chi connectivity index (χ1) is 9.56. The Morgan fingerprint density at radius 3 is 2.45 bits per heavy atom. The van der Waals surface area contributed by atoms with E-state index >= 15 is 0 Å². The highest BCUT2D eigenvalue weighted by Crippen LogP contribution is 2.17. The second kappa shape index (κ2) is 6.64. The normalized spacial score (nSPS) is 14.0. The Labute approximate surface area is 119 Å². The van der Waals surface area contributed by atoms with Gasteiger partial charge in [0.15, 0.2) is 0 Å². The van der Waals surface area contributed by atoms with E-state index in [1.165, 1.54) is 12.1 Å². The van der Waals surface area contributed by atoms with E-state index in [-0.39, 0.29) is 11.9 Å². The van der Waals surface area contributed by atoms with E-state index in [9.17, 15) is 9.50 Å². The molecule has 0 aliphatic rings. The van der Waals surface area contributed by atoms with Crippen molar-refractivity contribution in [1.82, 2.24) is 5.32 Å². The summed E-state index contributed by atoms with van der Waals surface area (Å²) in [7, 11) is 0. The minimum absolute atomic E-state index is 0.0649. The number of nitrogens with one attached hydrogen (secondary N) is 1. The lowest BCUT2D eigenvalue weighted by Gasteiger charge is -2.18. The number of benzene rings is 2. The molecule has 0 spiro atoms. The maximum atomic E-state index is 12.9. The number of hydrogen-bond donors (Lipinski definition) is 2. The first-order valence-corrected chi connectivity index (χ1v) is 6.80. The van der Waals surface area contributed by atoms with Gasteiger partial charge in [-0.15, -0.1) is 0 Å². The summed E-state index contributed by atoms with van der Waals surface area (Å²) < 4.78 is 12.9. The van der Waals surface area contributed by atoms with Gasteiger partial charge in [0, 0.05) is 12.6 Å². The first kappa shape index (κ1) is 14.7. The Balaban J connectivity index is 1.93. The van der Waals surface area contributed by atoms with Gasteiger partial charge in [0.1, 0.15) is 5.82 Å². The predicted octanol–water partition coefficient (Wildman–Crippen LogP) is 3.52. The van der Waals surface area contributed by atoms with Crippen LogP contribution in [0.5, 0.6) is 0 Å². The highest BCUT2D eigenvalue weighted by atomic mass is 19.1. The van der Waals surface area contributed by atoms with Crippen LogP contribution in [0, 0.1) is 12.7 Å². The molecule has 0 saturated heterocycles. The molecule has 2 unspecified atom stereocenters. The predicted molar refractivity (Wildman–Crippen MR) is 79.0 cm³/mol. The lowest BCUT2D eigenvalue weighted by molar-refractivity contribution is 0.170. The van der Waals surface area contributed by atoms with Gasteiger partial charge in [0.05, 0.1) is 6.10 Å². The van der Waals surface area contributed by atoms with Crippen LogP contribution in [-0.4, -0.2) is 11.7 Å². The third-order valence-electron chi connectivity index (χ3n) is 3.41. The summed E-state index contributed by atoms with van der Waals surface area (Å²) in [5.74, 6) is -0.235. The van der Waals surface area contributed by atoms with Gasteiger partial charge in [-0.25, -0.2) is 4.39 Å². The third-order valence-corrected chi connectivity index (χ3v) is 3.41. The van der Waals surface area contributed by atoms with E-state index in [4.69, 9.17) is 0 Å². The molecule has 0 aliphatic heterocycles. The average Bonchev–Trinajstić information content (AvgIpc) is 2.45. The van der Waals surface area contributed by atoms with Crippen LogP contribution in [-0.2, 0) is 0 Å². The molecule has 0 bridgehead atoms. The zero-order valence-corrected chi connectivity index (χ0v) is 11.8. The number of rotatable bonds is 5. The zero-order chi connectivity index (χ0) is 14.5. The van der Waals surface area contributed by atoms with Gasteiger partial charge < -0.3 is 10.4 Å². The van der Waals surface area contributed by atoms with Gasteiger partial charge in [0.25, 0.3) is 0 Å². The average molecular weight is 273 g/mol. The van der Waals surface area contributed by atoms with Crippen molar-refractivity contribution in [2.75, 3.05) is 6.54 Å². The number of aliphatic hydroxyl groups is 1. The van der Waals surface area contributed by atoms with Gasteiger partial charge >= 0.3 is 0 Å². The first-order valence-electron chi connectivity index (χ1n) is 6.80. The van der Waals surface area contributed by atoms with Crippen LogP contribution in [0.25, 0.3) is 0 Å². The SMILES string of the molecule is Cc1cccc(C(O)CNC(C)c2ccc(F)cc2)c1. The summed E-state index contributed by atoms with van der Waals surface area (Å²) in [5, 5.41) is 13.4. The van der Waals surface area contributed by atoms with Crippen molar-refractivity contribution >= 4 is 0 Å². The summed E-state index contributed by atoms with van der Waals surface area (Å²) in [5.41, 5.74) is 3.04. The maximum absolute atomic E-state index is 12.9. The summed E-state index contributed by atoms with van der Waals surface area (Å²) in [6.45, 7) is 4.46. The highest BCUT2D eigenvalue weighted by Gasteiger charge is 2.10. The topological polar surface area (TPSA) is 32.3 Å². The standard InChI is InChI=1S/C17H20FNO/c1-12-4-3-5-15(10-12)17(20)11-19-13(2)14-6-8-16(18)9-7-14/h3-10,13,17,19-20H,11H2,1-2H3. The Bertz CT molecular complexity index is 553. The molecule has 2 nitrogen and oxygen atoms in total. The van der Waals surface area contributed by atoms with Crippen LogP contribution in [0.15, 0.2) is 48.5 Å². The molecular weight excluding hydrogens is 253 g/mol. The fourth-order valence-electron chi connectivity index (χ4n) is 2.15. The molecule has 0 heterocycles. The van der Waals surface area contributed by atoms with Crippen LogP contribution in [0.3, 0.4) is 0 Å². The molecule has 0 radical (unpaired) electrons. The molecule has 2 aromatic carbocycles. The number of hydrogen-bond acceptors (Lipinski definition) is 2. The molecule has 2 N–H and O–H groups in total. The highest BCUT2D eigenvalue weighted by molar-refractivity contribution is 5.24. The summed E-state index contributed by atoms with van der Waals surface area (Å²) in [6, 6.07) is 14.3. The Hall–Kier alpha value is -1.71. The van der Waals surface area contributed by atoms with E-state index in [0.29, 0.717) is 6.54 Å². The second-order valence-electron chi connectivity index (χ2n) is 5.11. The molecule has 0 aromatic heterocycles. The second-order valence-corrected chi connectivity index (χ2v) is 5.11. The molecule has 2 aromatic rings. The fourth-order valence-corrected chi connectivity index (χ4v) is 2.15.